The Hall–Kier alpha value is -3.86. The number of methoxy groups -OCH3 is 1. The van der Waals surface area contributed by atoms with Crippen molar-refractivity contribution in [1.29, 1.82) is 0 Å². The zero-order chi connectivity index (χ0) is 22.0. The van der Waals surface area contributed by atoms with Crippen molar-refractivity contribution in [1.82, 2.24) is 4.90 Å². The predicted molar refractivity (Wildman–Crippen MR) is 110 cm³/mol. The van der Waals surface area contributed by atoms with E-state index in [2.05, 4.69) is 4.99 Å². The number of phenols is 1. The van der Waals surface area contributed by atoms with E-state index >= 15 is 0 Å². The number of amidine groups is 1. The number of likely N-dealkylation sites (N-methyl/N-ethyl adjacent to an activating group) is 1. The zero-order valence-corrected chi connectivity index (χ0v) is 16.5. The third-order valence-corrected chi connectivity index (χ3v) is 5.19. The smallest absolute Gasteiger partial charge is 0.335 e. The van der Waals surface area contributed by atoms with Gasteiger partial charge in [-0.15, -0.1) is 0 Å². The number of carbonyl (C=O) groups excluding carboxylic acids is 1. The van der Waals surface area contributed by atoms with Crippen molar-refractivity contribution in [2.75, 3.05) is 14.2 Å². The molecule has 1 aliphatic heterocycles. The minimum atomic E-state index is -1.10. The second-order valence-corrected chi connectivity index (χ2v) is 7.08. The van der Waals surface area contributed by atoms with Gasteiger partial charge in [0.15, 0.2) is 16.7 Å². The molecular weight excluding hydrogens is 414 g/mol. The number of aromatic carboxylic acids is 1. The van der Waals surface area contributed by atoms with Gasteiger partial charge in [-0.2, -0.15) is 0 Å². The lowest BCUT2D eigenvalue weighted by Crippen LogP contribution is -2.23. The van der Waals surface area contributed by atoms with E-state index in [1.807, 2.05) is 0 Å². The molecule has 0 spiro atoms. The highest BCUT2D eigenvalue weighted by atomic mass is 32.2. The molecule has 2 aromatic rings. The standard InChI is InChI=1S/C19H15N3O7S/c1-21-17(24)15(8-11-7-13(22(27)28)9-14(29-2)16(11)23)30-19(21)20-12-5-3-4-10(6-12)18(25)26/h3-9,23H,1-2H3,(H,25,26)/b15-8+,20-19?. The summed E-state index contributed by atoms with van der Waals surface area (Å²) in [7, 11) is 2.75. The number of aromatic hydroxyl groups is 1. The molecule has 0 bridgehead atoms. The van der Waals surface area contributed by atoms with Crippen molar-refractivity contribution in [2.45, 2.75) is 0 Å². The number of carbonyl (C=O) groups is 2. The maximum Gasteiger partial charge on any atom is 0.335 e. The molecule has 0 aromatic heterocycles. The number of aliphatic imine (C=N–C) groups is 1. The van der Waals surface area contributed by atoms with E-state index in [0.717, 1.165) is 23.9 Å². The maximum atomic E-state index is 12.6. The van der Waals surface area contributed by atoms with Crippen LogP contribution in [0.1, 0.15) is 15.9 Å². The molecule has 0 saturated carbocycles. The molecule has 11 heteroatoms. The molecule has 1 fully saturated rings. The van der Waals surface area contributed by atoms with Gasteiger partial charge in [0, 0.05) is 18.7 Å². The number of carboxylic acids is 1. The van der Waals surface area contributed by atoms with Crippen LogP contribution in [0, 0.1) is 10.1 Å². The summed E-state index contributed by atoms with van der Waals surface area (Å²) in [6, 6.07) is 8.13. The van der Waals surface area contributed by atoms with Crippen LogP contribution in [0.4, 0.5) is 11.4 Å². The Balaban J connectivity index is 2.00. The number of ether oxygens (including phenoxy) is 1. The van der Waals surface area contributed by atoms with Gasteiger partial charge in [0.25, 0.3) is 11.6 Å². The van der Waals surface area contributed by atoms with Crippen LogP contribution in [0.5, 0.6) is 11.5 Å². The van der Waals surface area contributed by atoms with Crippen LogP contribution in [0.2, 0.25) is 0 Å². The van der Waals surface area contributed by atoms with Gasteiger partial charge in [0.05, 0.1) is 34.3 Å². The van der Waals surface area contributed by atoms with Crippen molar-refractivity contribution < 1.29 is 29.5 Å². The van der Waals surface area contributed by atoms with Gasteiger partial charge in [0.1, 0.15) is 0 Å². The summed E-state index contributed by atoms with van der Waals surface area (Å²) >= 11 is 0.985. The number of nitro benzene ring substituents is 1. The number of nitrogens with zero attached hydrogens (tertiary/aromatic N) is 3. The van der Waals surface area contributed by atoms with Gasteiger partial charge in [-0.25, -0.2) is 9.79 Å². The fraction of sp³-hybridized carbons (Fsp3) is 0.105. The SMILES string of the molecule is COc1cc([N+](=O)[O-])cc(/C=C2/SC(=Nc3cccc(C(=O)O)c3)N(C)C2=O)c1O. The minimum absolute atomic E-state index is 0.0411. The van der Waals surface area contributed by atoms with Gasteiger partial charge in [-0.05, 0) is 36.0 Å². The lowest BCUT2D eigenvalue weighted by atomic mass is 10.1. The average molecular weight is 429 g/mol. The average Bonchev–Trinajstić information content (AvgIpc) is 2.97. The molecule has 1 heterocycles. The van der Waals surface area contributed by atoms with E-state index < -0.39 is 16.8 Å². The Morgan fingerprint density at radius 2 is 2.07 bits per heavy atom. The summed E-state index contributed by atoms with van der Waals surface area (Å²) in [6.07, 6.45) is 1.31. The minimum Gasteiger partial charge on any atom is -0.504 e. The molecule has 154 valence electrons. The highest BCUT2D eigenvalue weighted by Gasteiger charge is 2.31. The van der Waals surface area contributed by atoms with Crippen molar-refractivity contribution in [3.63, 3.8) is 0 Å². The molecular formula is C19H15N3O7S. The number of phenolic OH excluding ortho intramolecular Hbond substituents is 1. The number of non-ortho nitro benzene ring substituents is 1. The number of benzene rings is 2. The topological polar surface area (TPSA) is 143 Å². The van der Waals surface area contributed by atoms with Gasteiger partial charge in [-0.1, -0.05) is 6.07 Å². The van der Waals surface area contributed by atoms with Gasteiger partial charge < -0.3 is 14.9 Å². The molecule has 30 heavy (non-hydrogen) atoms. The Bertz CT molecular complexity index is 1130. The van der Waals surface area contributed by atoms with E-state index in [-0.39, 0.29) is 38.4 Å². The molecule has 0 unspecified atom stereocenters. The number of amides is 1. The number of rotatable bonds is 5. The van der Waals surface area contributed by atoms with Crippen LogP contribution in [0.25, 0.3) is 6.08 Å². The van der Waals surface area contributed by atoms with Crippen LogP contribution in [0.15, 0.2) is 46.3 Å². The molecule has 1 saturated heterocycles. The van der Waals surface area contributed by atoms with Crippen LogP contribution < -0.4 is 4.74 Å². The van der Waals surface area contributed by atoms with Crippen LogP contribution in [0.3, 0.4) is 0 Å². The van der Waals surface area contributed by atoms with E-state index in [4.69, 9.17) is 9.84 Å². The van der Waals surface area contributed by atoms with Gasteiger partial charge in [0.2, 0.25) is 0 Å². The van der Waals surface area contributed by atoms with Crippen LogP contribution in [-0.4, -0.2) is 51.2 Å². The monoisotopic (exact) mass is 429 g/mol. The first-order chi connectivity index (χ1) is 14.2. The second kappa shape index (κ2) is 8.25. The third-order valence-electron chi connectivity index (χ3n) is 4.13. The maximum absolute atomic E-state index is 12.6. The summed E-state index contributed by atoms with van der Waals surface area (Å²) in [5.41, 5.74) is 0.135. The molecule has 10 nitrogen and oxygen atoms in total. The lowest BCUT2D eigenvalue weighted by Gasteiger charge is -2.07. The molecule has 1 aliphatic rings. The van der Waals surface area contributed by atoms with Gasteiger partial charge in [-0.3, -0.25) is 19.8 Å². The zero-order valence-electron chi connectivity index (χ0n) is 15.7. The highest BCUT2D eigenvalue weighted by molar-refractivity contribution is 8.18. The molecule has 0 radical (unpaired) electrons. The Morgan fingerprint density at radius 1 is 1.33 bits per heavy atom. The fourth-order valence-corrected chi connectivity index (χ4v) is 3.57. The summed E-state index contributed by atoms with van der Waals surface area (Å²) in [5, 5.41) is 30.8. The first-order valence-electron chi connectivity index (χ1n) is 8.36. The van der Waals surface area contributed by atoms with Crippen molar-refractivity contribution in [2.24, 2.45) is 4.99 Å². The number of carboxylic acid groups (broad SMARTS) is 1. The Labute approximate surface area is 174 Å². The summed E-state index contributed by atoms with van der Waals surface area (Å²) in [5.74, 6) is -1.97. The molecule has 2 aromatic carbocycles. The number of hydrogen-bond donors (Lipinski definition) is 2. The van der Waals surface area contributed by atoms with E-state index in [1.165, 1.54) is 43.3 Å². The molecule has 2 N–H and O–H groups in total. The summed E-state index contributed by atoms with van der Waals surface area (Å²) < 4.78 is 4.96. The molecule has 0 atom stereocenters. The number of hydrogen-bond acceptors (Lipinski definition) is 8. The van der Waals surface area contributed by atoms with Gasteiger partial charge >= 0.3 is 5.97 Å². The van der Waals surface area contributed by atoms with Crippen molar-refractivity contribution in [3.05, 3.63) is 62.5 Å². The second-order valence-electron chi connectivity index (χ2n) is 6.07. The normalized spacial score (nSPS) is 16.3. The van der Waals surface area contributed by atoms with Crippen LogP contribution in [-0.2, 0) is 4.79 Å². The Kier molecular flexibility index (Phi) is 5.74. The highest BCUT2D eigenvalue weighted by Crippen LogP contribution is 2.39. The first-order valence-corrected chi connectivity index (χ1v) is 9.18. The van der Waals surface area contributed by atoms with Crippen LogP contribution >= 0.6 is 11.8 Å². The third kappa shape index (κ3) is 4.10. The number of thioether (sulfide) groups is 1. The van der Waals surface area contributed by atoms with Crippen molar-refractivity contribution >= 4 is 46.3 Å². The fourth-order valence-electron chi connectivity index (χ4n) is 2.60. The van der Waals surface area contributed by atoms with E-state index in [9.17, 15) is 24.8 Å². The molecule has 1 amide bonds. The molecule has 0 aliphatic carbocycles. The first kappa shape index (κ1) is 20.9. The van der Waals surface area contributed by atoms with E-state index in [1.54, 1.807) is 6.07 Å². The summed E-state index contributed by atoms with van der Waals surface area (Å²) in [6.45, 7) is 0. The quantitative estimate of drug-likeness (QED) is 0.419. The Morgan fingerprint density at radius 3 is 2.70 bits per heavy atom. The number of nitro groups is 1. The van der Waals surface area contributed by atoms with Crippen molar-refractivity contribution in [3.8, 4) is 11.5 Å². The predicted octanol–water partition coefficient (Wildman–Crippen LogP) is 3.24. The molecule has 3 rings (SSSR count). The lowest BCUT2D eigenvalue weighted by molar-refractivity contribution is -0.385. The largest absolute Gasteiger partial charge is 0.504 e. The van der Waals surface area contributed by atoms with E-state index in [0.29, 0.717) is 5.69 Å². The summed E-state index contributed by atoms with van der Waals surface area (Å²) in [4.78, 5) is 39.9.